The predicted octanol–water partition coefficient (Wildman–Crippen LogP) is 2.52. The predicted molar refractivity (Wildman–Crippen MR) is 108 cm³/mol. The molecule has 0 saturated carbocycles. The third-order valence-corrected chi connectivity index (χ3v) is 5.07. The molecule has 3 aromatic rings. The second-order valence-corrected chi connectivity index (χ2v) is 7.26. The Hall–Kier alpha value is -2.93. The largest absolute Gasteiger partial charge is 0.352 e. The lowest BCUT2D eigenvalue weighted by Gasteiger charge is -2.35. The lowest BCUT2D eigenvalue weighted by Crippen LogP contribution is -2.49. The molecule has 144 valence electrons. The van der Waals surface area contributed by atoms with Crippen LogP contribution in [0.5, 0.6) is 0 Å². The Kier molecular flexibility index (Phi) is 5.25. The van der Waals surface area contributed by atoms with Crippen LogP contribution in [-0.4, -0.2) is 57.0 Å². The molecule has 0 radical (unpaired) electrons. The van der Waals surface area contributed by atoms with Gasteiger partial charge in [-0.3, -0.25) is 4.79 Å². The van der Waals surface area contributed by atoms with Crippen LogP contribution in [0.15, 0.2) is 48.7 Å². The summed E-state index contributed by atoms with van der Waals surface area (Å²) in [6.07, 6.45) is 2.26. The molecule has 0 spiro atoms. The van der Waals surface area contributed by atoms with Crippen molar-refractivity contribution in [3.05, 3.63) is 64.9 Å². The van der Waals surface area contributed by atoms with Crippen LogP contribution in [0.4, 0.5) is 5.82 Å². The van der Waals surface area contributed by atoms with E-state index in [1.54, 1.807) is 4.68 Å². The topological polar surface area (TPSA) is 67.2 Å². The molecule has 0 N–H and O–H groups in total. The summed E-state index contributed by atoms with van der Waals surface area (Å²) in [6, 6.07) is 13.2. The fourth-order valence-electron chi connectivity index (χ4n) is 3.23. The van der Waals surface area contributed by atoms with Gasteiger partial charge in [-0.1, -0.05) is 23.7 Å². The van der Waals surface area contributed by atoms with Crippen LogP contribution < -0.4 is 4.90 Å². The summed E-state index contributed by atoms with van der Waals surface area (Å²) < 4.78 is 1.71. The summed E-state index contributed by atoms with van der Waals surface area (Å²) in [5.74, 6) is 1.64. The molecular weight excluding hydrogens is 376 g/mol. The highest BCUT2D eigenvalue weighted by Crippen LogP contribution is 2.16. The van der Waals surface area contributed by atoms with Crippen molar-refractivity contribution < 1.29 is 4.79 Å². The number of carbonyl (C=O) groups excluding carboxylic acids is 1. The second kappa shape index (κ2) is 7.98. The number of hydrogen-bond acceptors (Lipinski definition) is 5. The van der Waals surface area contributed by atoms with Crippen LogP contribution in [0.2, 0.25) is 5.02 Å². The highest BCUT2D eigenvalue weighted by atomic mass is 35.5. The van der Waals surface area contributed by atoms with Gasteiger partial charge in [0.2, 0.25) is 5.91 Å². The Bertz CT molecular complexity index is 946. The molecule has 0 unspecified atom stereocenters. The Morgan fingerprint density at radius 1 is 0.964 bits per heavy atom. The van der Waals surface area contributed by atoms with Crippen molar-refractivity contribution >= 4 is 23.3 Å². The first-order valence-corrected chi connectivity index (χ1v) is 9.60. The van der Waals surface area contributed by atoms with E-state index in [0.29, 0.717) is 30.4 Å². The number of nitrogens with zero attached hydrogens (tertiary/aromatic N) is 6. The number of piperazine rings is 1. The first kappa shape index (κ1) is 18.4. The quantitative estimate of drug-likeness (QED) is 0.677. The molecule has 4 rings (SSSR count). The zero-order valence-corrected chi connectivity index (χ0v) is 16.4. The molecule has 1 saturated heterocycles. The first-order chi connectivity index (χ1) is 13.6. The number of hydrogen-bond donors (Lipinski definition) is 0. The standard InChI is InChI=1S/C20H21ClN6O/c1-15-8-9-27(24-15)19-7-6-18(22-23-19)25-10-12-26(13-11-25)20(28)14-16-2-4-17(21)5-3-16/h2-9H,10-14H2,1H3. The van der Waals surface area contributed by atoms with Gasteiger partial charge in [-0.15, -0.1) is 10.2 Å². The van der Waals surface area contributed by atoms with E-state index >= 15 is 0 Å². The summed E-state index contributed by atoms with van der Waals surface area (Å²) in [5.41, 5.74) is 1.91. The highest BCUT2D eigenvalue weighted by molar-refractivity contribution is 6.30. The summed E-state index contributed by atoms with van der Waals surface area (Å²) in [7, 11) is 0. The van der Waals surface area contributed by atoms with Gasteiger partial charge >= 0.3 is 0 Å². The molecule has 1 aliphatic rings. The van der Waals surface area contributed by atoms with Crippen molar-refractivity contribution in [3.8, 4) is 5.82 Å². The molecule has 1 fully saturated rings. The van der Waals surface area contributed by atoms with Crippen LogP contribution in [0.25, 0.3) is 5.82 Å². The van der Waals surface area contributed by atoms with Gasteiger partial charge in [-0.25, -0.2) is 4.68 Å². The van der Waals surface area contributed by atoms with Crippen LogP contribution in [0.3, 0.4) is 0 Å². The van der Waals surface area contributed by atoms with E-state index in [1.807, 2.05) is 60.5 Å². The van der Waals surface area contributed by atoms with Crippen LogP contribution in [0, 0.1) is 6.92 Å². The second-order valence-electron chi connectivity index (χ2n) is 6.82. The van der Waals surface area contributed by atoms with Crippen molar-refractivity contribution in [2.24, 2.45) is 0 Å². The molecule has 1 aromatic carbocycles. The fraction of sp³-hybridized carbons (Fsp3) is 0.300. The minimum atomic E-state index is 0.137. The number of amides is 1. The van der Waals surface area contributed by atoms with Crippen molar-refractivity contribution in [2.75, 3.05) is 31.1 Å². The SMILES string of the molecule is Cc1ccn(-c2ccc(N3CCN(C(=O)Cc4ccc(Cl)cc4)CC3)nn2)n1. The molecule has 0 aliphatic carbocycles. The highest BCUT2D eigenvalue weighted by Gasteiger charge is 2.22. The maximum absolute atomic E-state index is 12.5. The van der Waals surface area contributed by atoms with Gasteiger partial charge < -0.3 is 9.80 Å². The van der Waals surface area contributed by atoms with Gasteiger partial charge in [0.25, 0.3) is 0 Å². The summed E-state index contributed by atoms with van der Waals surface area (Å²) in [4.78, 5) is 16.6. The van der Waals surface area contributed by atoms with E-state index in [4.69, 9.17) is 11.6 Å². The molecule has 1 aliphatic heterocycles. The molecule has 7 nitrogen and oxygen atoms in total. The van der Waals surface area contributed by atoms with E-state index in [0.717, 1.165) is 30.2 Å². The number of anilines is 1. The molecule has 28 heavy (non-hydrogen) atoms. The maximum atomic E-state index is 12.5. The van der Waals surface area contributed by atoms with Gasteiger partial charge in [-0.2, -0.15) is 5.10 Å². The summed E-state index contributed by atoms with van der Waals surface area (Å²) in [6.45, 7) is 4.76. The van der Waals surface area contributed by atoms with Crippen LogP contribution in [-0.2, 0) is 11.2 Å². The third kappa shape index (κ3) is 4.14. The molecule has 8 heteroatoms. The number of aromatic nitrogens is 4. The van der Waals surface area contributed by atoms with E-state index in [-0.39, 0.29) is 5.91 Å². The molecule has 0 bridgehead atoms. The number of carbonyl (C=O) groups is 1. The van der Waals surface area contributed by atoms with Crippen molar-refractivity contribution in [2.45, 2.75) is 13.3 Å². The first-order valence-electron chi connectivity index (χ1n) is 9.22. The Balaban J connectivity index is 1.33. The fourth-order valence-corrected chi connectivity index (χ4v) is 3.35. The minimum absolute atomic E-state index is 0.137. The normalized spacial score (nSPS) is 14.4. The number of halogens is 1. The molecule has 0 atom stereocenters. The molecular formula is C20H21ClN6O. The minimum Gasteiger partial charge on any atom is -0.352 e. The maximum Gasteiger partial charge on any atom is 0.227 e. The number of rotatable bonds is 4. The van der Waals surface area contributed by atoms with E-state index in [2.05, 4.69) is 20.2 Å². The smallest absolute Gasteiger partial charge is 0.227 e. The lowest BCUT2D eigenvalue weighted by molar-refractivity contribution is -0.130. The average Bonchev–Trinajstić information content (AvgIpc) is 3.16. The summed E-state index contributed by atoms with van der Waals surface area (Å²) in [5, 5.41) is 13.6. The zero-order valence-electron chi connectivity index (χ0n) is 15.6. The number of aryl methyl sites for hydroxylation is 1. The molecule has 1 amide bonds. The van der Waals surface area contributed by atoms with Crippen molar-refractivity contribution in [1.82, 2.24) is 24.9 Å². The molecule has 3 heterocycles. The summed E-state index contributed by atoms with van der Waals surface area (Å²) >= 11 is 5.90. The van der Waals surface area contributed by atoms with Crippen molar-refractivity contribution in [3.63, 3.8) is 0 Å². The van der Waals surface area contributed by atoms with Gasteiger partial charge in [0.15, 0.2) is 11.6 Å². The Labute approximate surface area is 168 Å². The van der Waals surface area contributed by atoms with Gasteiger partial charge in [0.1, 0.15) is 0 Å². The Morgan fingerprint density at radius 3 is 2.25 bits per heavy atom. The van der Waals surface area contributed by atoms with Crippen molar-refractivity contribution in [1.29, 1.82) is 0 Å². The van der Waals surface area contributed by atoms with Crippen LogP contribution in [0.1, 0.15) is 11.3 Å². The average molecular weight is 397 g/mol. The lowest BCUT2D eigenvalue weighted by atomic mass is 10.1. The molecule has 2 aromatic heterocycles. The van der Waals surface area contributed by atoms with Gasteiger partial charge in [0, 0.05) is 37.4 Å². The zero-order chi connectivity index (χ0) is 19.5. The van der Waals surface area contributed by atoms with E-state index in [1.165, 1.54) is 0 Å². The van der Waals surface area contributed by atoms with E-state index in [9.17, 15) is 4.79 Å². The third-order valence-electron chi connectivity index (χ3n) is 4.82. The van der Waals surface area contributed by atoms with E-state index < -0.39 is 0 Å². The number of benzene rings is 1. The van der Waals surface area contributed by atoms with Crippen LogP contribution >= 0.6 is 11.6 Å². The van der Waals surface area contributed by atoms with Gasteiger partial charge in [0.05, 0.1) is 12.1 Å². The monoisotopic (exact) mass is 396 g/mol. The Morgan fingerprint density at radius 2 is 1.64 bits per heavy atom. The van der Waals surface area contributed by atoms with Gasteiger partial charge in [-0.05, 0) is 42.8 Å².